The number of nitrogens with one attached hydrogen (secondary N) is 1. The van der Waals surface area contributed by atoms with Crippen LogP contribution in [0, 0.1) is 0 Å². The molecule has 2 aromatic heterocycles. The number of hydrogen-bond donors (Lipinski definition) is 1. The van der Waals surface area contributed by atoms with Crippen LogP contribution in [-0.4, -0.2) is 33.8 Å². The van der Waals surface area contributed by atoms with Gasteiger partial charge in [0.05, 0.1) is 25.2 Å². The van der Waals surface area contributed by atoms with Gasteiger partial charge in [0.1, 0.15) is 5.60 Å². The van der Waals surface area contributed by atoms with Crippen LogP contribution in [0.4, 0.5) is 10.6 Å². The average Bonchev–Trinajstić information content (AvgIpc) is 2.68. The fraction of sp³-hybridized carbons (Fsp3) is 0.273. The lowest BCUT2D eigenvalue weighted by molar-refractivity contribution is 0.0635. The number of amides is 1. The monoisotopic (exact) mass is 426 g/mol. The number of benzene rings is 1. The molecule has 0 bridgehead atoms. The summed E-state index contributed by atoms with van der Waals surface area (Å²) in [5.74, 6) is 0.837. The van der Waals surface area contributed by atoms with Gasteiger partial charge in [-0.25, -0.2) is 14.8 Å². The predicted octanol–water partition coefficient (Wildman–Crippen LogP) is 5.14. The Morgan fingerprint density at radius 3 is 2.53 bits per heavy atom. The molecular formula is C22H23ClN4O3. The summed E-state index contributed by atoms with van der Waals surface area (Å²) in [5, 5.41) is 3.20. The van der Waals surface area contributed by atoms with Crippen molar-refractivity contribution < 1.29 is 14.3 Å². The Bertz CT molecular complexity index is 1030. The summed E-state index contributed by atoms with van der Waals surface area (Å²) in [6, 6.07) is 9.50. The van der Waals surface area contributed by atoms with Crippen LogP contribution in [-0.2, 0) is 11.2 Å². The molecule has 0 saturated heterocycles. The molecule has 2 heterocycles. The molecule has 1 N–H and O–H groups in total. The number of aromatic nitrogens is 3. The van der Waals surface area contributed by atoms with Gasteiger partial charge in [0, 0.05) is 23.2 Å². The number of methoxy groups -OCH3 is 1. The van der Waals surface area contributed by atoms with E-state index in [1.54, 1.807) is 40.3 Å². The Balaban J connectivity index is 1.75. The van der Waals surface area contributed by atoms with Crippen molar-refractivity contribution in [2.45, 2.75) is 32.8 Å². The molecule has 8 heteroatoms. The Morgan fingerprint density at radius 2 is 1.90 bits per heavy atom. The summed E-state index contributed by atoms with van der Waals surface area (Å²) in [4.78, 5) is 24.8. The molecule has 0 atom stereocenters. The third-order valence-corrected chi connectivity index (χ3v) is 4.19. The van der Waals surface area contributed by atoms with Gasteiger partial charge in [0.25, 0.3) is 0 Å². The maximum Gasteiger partial charge on any atom is 0.413 e. The van der Waals surface area contributed by atoms with Gasteiger partial charge in [-0.05, 0) is 50.1 Å². The fourth-order valence-corrected chi connectivity index (χ4v) is 2.94. The standard InChI is InChI=1S/C22H23ClN4O3/c1-22(2,3)30-21(28)27-19-13-24-17(12-25-19)8-14-9-18(20(29-4)26-11-14)15-6-5-7-16(23)10-15/h5-7,9-13H,8H2,1-4H3,(H,25,27,28). The summed E-state index contributed by atoms with van der Waals surface area (Å²) in [5.41, 5.74) is 2.84. The Kier molecular flexibility index (Phi) is 6.52. The molecule has 3 aromatic rings. The molecule has 0 aliphatic heterocycles. The third kappa shape index (κ3) is 5.90. The number of anilines is 1. The van der Waals surface area contributed by atoms with E-state index in [1.807, 2.05) is 30.3 Å². The number of halogens is 1. The Hall–Kier alpha value is -3.19. The summed E-state index contributed by atoms with van der Waals surface area (Å²) >= 11 is 6.13. The van der Waals surface area contributed by atoms with Crippen molar-refractivity contribution in [2.75, 3.05) is 12.4 Å². The molecule has 30 heavy (non-hydrogen) atoms. The predicted molar refractivity (Wildman–Crippen MR) is 116 cm³/mol. The molecule has 0 radical (unpaired) electrons. The molecule has 0 unspecified atom stereocenters. The van der Waals surface area contributed by atoms with Gasteiger partial charge in [-0.15, -0.1) is 0 Å². The minimum absolute atomic E-state index is 0.320. The second-order valence-corrected chi connectivity index (χ2v) is 8.04. The van der Waals surface area contributed by atoms with E-state index in [-0.39, 0.29) is 0 Å². The van der Waals surface area contributed by atoms with Crippen molar-refractivity contribution in [3.63, 3.8) is 0 Å². The van der Waals surface area contributed by atoms with Gasteiger partial charge in [0.15, 0.2) is 5.82 Å². The highest BCUT2D eigenvalue weighted by atomic mass is 35.5. The molecule has 0 aliphatic rings. The van der Waals surface area contributed by atoms with Crippen LogP contribution in [0.3, 0.4) is 0 Å². The van der Waals surface area contributed by atoms with E-state index in [9.17, 15) is 4.79 Å². The number of ether oxygens (including phenoxy) is 2. The van der Waals surface area contributed by atoms with Crippen LogP contribution in [0.2, 0.25) is 5.02 Å². The highest BCUT2D eigenvalue weighted by Crippen LogP contribution is 2.31. The van der Waals surface area contributed by atoms with Crippen molar-refractivity contribution in [3.8, 4) is 17.0 Å². The maximum absolute atomic E-state index is 11.8. The van der Waals surface area contributed by atoms with E-state index in [2.05, 4.69) is 20.3 Å². The molecule has 0 fully saturated rings. The highest BCUT2D eigenvalue weighted by molar-refractivity contribution is 6.30. The van der Waals surface area contributed by atoms with E-state index in [0.717, 1.165) is 22.4 Å². The van der Waals surface area contributed by atoms with E-state index in [4.69, 9.17) is 21.1 Å². The lowest BCUT2D eigenvalue weighted by Crippen LogP contribution is -2.27. The molecule has 1 aromatic carbocycles. The minimum atomic E-state index is -0.584. The molecule has 0 aliphatic carbocycles. The van der Waals surface area contributed by atoms with Crippen molar-refractivity contribution >= 4 is 23.5 Å². The van der Waals surface area contributed by atoms with Crippen LogP contribution in [0.5, 0.6) is 5.88 Å². The molecular weight excluding hydrogens is 404 g/mol. The first-order valence-corrected chi connectivity index (χ1v) is 9.71. The van der Waals surface area contributed by atoms with Crippen LogP contribution < -0.4 is 10.1 Å². The third-order valence-electron chi connectivity index (χ3n) is 3.96. The zero-order chi connectivity index (χ0) is 21.7. The topological polar surface area (TPSA) is 86.2 Å². The SMILES string of the molecule is COc1ncc(Cc2cnc(NC(=O)OC(C)(C)C)cn2)cc1-c1cccc(Cl)c1. The molecule has 0 saturated carbocycles. The number of hydrogen-bond acceptors (Lipinski definition) is 6. The first-order chi connectivity index (χ1) is 14.2. The zero-order valence-electron chi connectivity index (χ0n) is 17.3. The smallest absolute Gasteiger partial charge is 0.413 e. The van der Waals surface area contributed by atoms with E-state index >= 15 is 0 Å². The molecule has 3 rings (SSSR count). The molecule has 1 amide bonds. The van der Waals surface area contributed by atoms with Crippen LogP contribution in [0.25, 0.3) is 11.1 Å². The summed E-state index contributed by atoms with van der Waals surface area (Å²) < 4.78 is 10.6. The molecule has 7 nitrogen and oxygen atoms in total. The van der Waals surface area contributed by atoms with Crippen LogP contribution in [0.1, 0.15) is 32.0 Å². The van der Waals surface area contributed by atoms with Crippen LogP contribution in [0.15, 0.2) is 48.9 Å². The highest BCUT2D eigenvalue weighted by Gasteiger charge is 2.16. The van der Waals surface area contributed by atoms with E-state index in [0.29, 0.717) is 23.1 Å². The summed E-state index contributed by atoms with van der Waals surface area (Å²) in [6.45, 7) is 5.38. The quantitative estimate of drug-likeness (QED) is 0.608. The summed E-state index contributed by atoms with van der Waals surface area (Å²) in [6.07, 6.45) is 4.78. The zero-order valence-corrected chi connectivity index (χ0v) is 18.0. The maximum atomic E-state index is 11.8. The van der Waals surface area contributed by atoms with Crippen LogP contribution >= 0.6 is 11.6 Å². The van der Waals surface area contributed by atoms with Crippen molar-refractivity contribution in [2.24, 2.45) is 0 Å². The second kappa shape index (κ2) is 9.09. The number of nitrogens with zero attached hydrogens (tertiary/aromatic N) is 3. The van der Waals surface area contributed by atoms with Gasteiger partial charge < -0.3 is 9.47 Å². The molecule has 156 valence electrons. The lowest BCUT2D eigenvalue weighted by Gasteiger charge is -2.19. The van der Waals surface area contributed by atoms with Gasteiger partial charge in [-0.2, -0.15) is 0 Å². The van der Waals surface area contributed by atoms with Gasteiger partial charge in [-0.3, -0.25) is 10.3 Å². The lowest BCUT2D eigenvalue weighted by atomic mass is 10.0. The van der Waals surface area contributed by atoms with Gasteiger partial charge >= 0.3 is 6.09 Å². The summed E-state index contributed by atoms with van der Waals surface area (Å²) in [7, 11) is 1.58. The number of rotatable bonds is 5. The Morgan fingerprint density at radius 1 is 1.10 bits per heavy atom. The average molecular weight is 427 g/mol. The Labute approximate surface area is 180 Å². The minimum Gasteiger partial charge on any atom is -0.481 e. The van der Waals surface area contributed by atoms with Gasteiger partial charge in [0.2, 0.25) is 5.88 Å². The van der Waals surface area contributed by atoms with Crippen molar-refractivity contribution in [3.05, 3.63) is 65.2 Å². The van der Waals surface area contributed by atoms with E-state index < -0.39 is 11.7 Å². The normalized spacial score (nSPS) is 11.1. The first-order valence-electron chi connectivity index (χ1n) is 9.33. The largest absolute Gasteiger partial charge is 0.481 e. The second-order valence-electron chi connectivity index (χ2n) is 7.61. The van der Waals surface area contributed by atoms with Crippen molar-refractivity contribution in [1.82, 2.24) is 15.0 Å². The molecule has 0 spiro atoms. The number of pyridine rings is 1. The number of carbonyl (C=O) groups is 1. The fourth-order valence-electron chi connectivity index (χ4n) is 2.75. The van der Waals surface area contributed by atoms with Gasteiger partial charge in [-0.1, -0.05) is 23.7 Å². The first kappa shape index (κ1) is 21.5. The van der Waals surface area contributed by atoms with E-state index in [1.165, 1.54) is 6.20 Å². The van der Waals surface area contributed by atoms with Crippen molar-refractivity contribution in [1.29, 1.82) is 0 Å². The number of carbonyl (C=O) groups excluding carboxylic acids is 1.